The van der Waals surface area contributed by atoms with Crippen molar-refractivity contribution in [2.45, 2.75) is 62.9 Å². The van der Waals surface area contributed by atoms with Gasteiger partial charge < -0.3 is 24.2 Å². The zero-order valence-electron chi connectivity index (χ0n) is 19.8. The fraction of sp³-hybridized carbons (Fsp3) is 0.640. The number of carbonyl (C=O) groups is 3. The number of benzene rings is 1. The van der Waals surface area contributed by atoms with Crippen molar-refractivity contribution < 1.29 is 32.6 Å². The number of hydrogen-bond donors (Lipinski definition) is 0. The van der Waals surface area contributed by atoms with Gasteiger partial charge in [0.15, 0.2) is 17.2 Å². The van der Waals surface area contributed by atoms with Gasteiger partial charge in [-0.1, -0.05) is 13.0 Å². The number of hydrogen-bond acceptors (Lipinski definition) is 5. The molecule has 1 aliphatic carbocycles. The number of piperazine rings is 1. The average molecular weight is 492 g/mol. The van der Waals surface area contributed by atoms with Crippen LogP contribution in [0.25, 0.3) is 0 Å². The van der Waals surface area contributed by atoms with Gasteiger partial charge in [-0.15, -0.1) is 0 Å². The van der Waals surface area contributed by atoms with E-state index in [1.165, 1.54) is 15.9 Å². The maximum atomic E-state index is 14.3. The number of halogens is 2. The number of ether oxygens (including phenoxy) is 2. The van der Waals surface area contributed by atoms with Crippen LogP contribution in [0.2, 0.25) is 0 Å². The third-order valence-corrected chi connectivity index (χ3v) is 8.07. The van der Waals surface area contributed by atoms with E-state index in [0.717, 1.165) is 37.8 Å². The molecule has 0 bridgehead atoms. The summed E-state index contributed by atoms with van der Waals surface area (Å²) in [6.45, 7) is 2.99. The van der Waals surface area contributed by atoms with Gasteiger partial charge >= 0.3 is 0 Å². The minimum absolute atomic E-state index is 0.0227. The van der Waals surface area contributed by atoms with Gasteiger partial charge in [-0.3, -0.25) is 14.4 Å². The molecule has 0 radical (unpaired) electrons. The first-order chi connectivity index (χ1) is 16.8. The van der Waals surface area contributed by atoms with Gasteiger partial charge in [0.05, 0.1) is 32.4 Å². The zero-order chi connectivity index (χ0) is 24.7. The summed E-state index contributed by atoms with van der Waals surface area (Å²) >= 11 is 0. The lowest BCUT2D eigenvalue weighted by molar-refractivity contribution is -0.217. The van der Waals surface area contributed by atoms with Crippen LogP contribution in [0.1, 0.15) is 38.2 Å². The van der Waals surface area contributed by atoms with Gasteiger partial charge in [0.2, 0.25) is 12.3 Å². The Bertz CT molecular complexity index is 995. The first-order valence-electron chi connectivity index (χ1n) is 12.3. The van der Waals surface area contributed by atoms with Crippen LogP contribution in [0, 0.1) is 17.6 Å². The fourth-order valence-corrected chi connectivity index (χ4v) is 6.17. The SMILES string of the molecule is C[C@H]1CC[C@H](N2CC(=O)N(Cc3ccc(F)c(F)c3)C3(CN(C=O)C3C3COCCO3)C2=O)CC1. The Morgan fingerprint density at radius 3 is 2.54 bits per heavy atom. The third-order valence-electron chi connectivity index (χ3n) is 8.07. The van der Waals surface area contributed by atoms with Gasteiger partial charge in [-0.05, 0) is 49.3 Å². The van der Waals surface area contributed by atoms with E-state index < -0.39 is 29.3 Å². The molecule has 3 unspecified atom stereocenters. The first kappa shape index (κ1) is 24.1. The van der Waals surface area contributed by atoms with Crippen molar-refractivity contribution in [3.05, 3.63) is 35.4 Å². The molecule has 1 aromatic carbocycles. The molecule has 5 rings (SSSR count). The van der Waals surface area contributed by atoms with E-state index in [-0.39, 0.29) is 44.1 Å². The van der Waals surface area contributed by atoms with E-state index in [9.17, 15) is 23.2 Å². The van der Waals surface area contributed by atoms with Crippen LogP contribution < -0.4 is 0 Å². The molecule has 3 atom stereocenters. The molecule has 8 nitrogen and oxygen atoms in total. The minimum Gasteiger partial charge on any atom is -0.376 e. The Balaban J connectivity index is 1.52. The molecule has 35 heavy (non-hydrogen) atoms. The molecule has 3 heterocycles. The summed E-state index contributed by atoms with van der Waals surface area (Å²) in [7, 11) is 0. The summed E-state index contributed by atoms with van der Waals surface area (Å²) in [5, 5.41) is 0. The number of nitrogens with zero attached hydrogens (tertiary/aromatic N) is 3. The lowest BCUT2D eigenvalue weighted by Gasteiger charge is -2.64. The molecule has 3 aliphatic heterocycles. The second kappa shape index (κ2) is 9.46. The van der Waals surface area contributed by atoms with Crippen LogP contribution in [0.4, 0.5) is 8.78 Å². The minimum atomic E-state index is -1.35. The topological polar surface area (TPSA) is 79.4 Å². The molecule has 4 fully saturated rings. The normalized spacial score (nSPS) is 33.7. The molecular weight excluding hydrogens is 460 g/mol. The van der Waals surface area contributed by atoms with Crippen LogP contribution in [0.3, 0.4) is 0 Å². The molecule has 3 saturated heterocycles. The Morgan fingerprint density at radius 1 is 1.11 bits per heavy atom. The molecule has 0 aromatic heterocycles. The van der Waals surface area contributed by atoms with Crippen molar-refractivity contribution in [1.82, 2.24) is 14.7 Å². The van der Waals surface area contributed by atoms with E-state index in [0.29, 0.717) is 31.1 Å². The van der Waals surface area contributed by atoms with Crippen LogP contribution in [0.5, 0.6) is 0 Å². The third kappa shape index (κ3) is 4.10. The van der Waals surface area contributed by atoms with Crippen molar-refractivity contribution in [3.63, 3.8) is 0 Å². The first-order valence-corrected chi connectivity index (χ1v) is 12.3. The second-order valence-electron chi connectivity index (χ2n) is 10.2. The van der Waals surface area contributed by atoms with Gasteiger partial charge in [-0.25, -0.2) is 8.78 Å². The Hall–Kier alpha value is -2.59. The summed E-state index contributed by atoms with van der Waals surface area (Å²) in [5.41, 5.74) is -0.983. The summed E-state index contributed by atoms with van der Waals surface area (Å²) in [6, 6.07) is 2.69. The molecule has 4 aliphatic rings. The number of rotatable bonds is 5. The molecule has 10 heteroatoms. The fourth-order valence-electron chi connectivity index (χ4n) is 6.17. The standard InChI is InChI=1S/C25H31F2N3O5/c1-16-2-5-18(6-3-16)29-12-22(32)30(11-17-4-7-19(26)20(27)10-17)25(24(29)33)14-28(15-31)23(25)21-13-34-8-9-35-21/h4,7,10,15-16,18,21,23H,2-3,5-6,8-9,11-14H2,1H3/t16-,18-,21?,23?,25?. The highest BCUT2D eigenvalue weighted by Crippen LogP contribution is 2.44. The van der Waals surface area contributed by atoms with Gasteiger partial charge in [0, 0.05) is 12.6 Å². The predicted octanol–water partition coefficient (Wildman–Crippen LogP) is 1.71. The lowest BCUT2D eigenvalue weighted by Crippen LogP contribution is -2.87. The smallest absolute Gasteiger partial charge is 0.253 e. The van der Waals surface area contributed by atoms with Crippen molar-refractivity contribution in [2.24, 2.45) is 5.92 Å². The lowest BCUT2D eigenvalue weighted by atomic mass is 9.72. The van der Waals surface area contributed by atoms with E-state index >= 15 is 0 Å². The summed E-state index contributed by atoms with van der Waals surface area (Å²) < 4.78 is 39.0. The molecule has 1 saturated carbocycles. The Kier molecular flexibility index (Phi) is 6.52. The zero-order valence-corrected chi connectivity index (χ0v) is 19.8. The van der Waals surface area contributed by atoms with Gasteiger partial charge in [0.1, 0.15) is 12.6 Å². The molecule has 0 N–H and O–H groups in total. The summed E-state index contributed by atoms with van der Waals surface area (Å²) in [4.78, 5) is 44.4. The van der Waals surface area contributed by atoms with E-state index in [1.807, 2.05) is 0 Å². The average Bonchev–Trinajstić information content (AvgIpc) is 2.84. The monoisotopic (exact) mass is 491 g/mol. The number of carbonyl (C=O) groups excluding carboxylic acids is 3. The molecule has 3 amide bonds. The van der Waals surface area contributed by atoms with Gasteiger partial charge in [-0.2, -0.15) is 0 Å². The van der Waals surface area contributed by atoms with E-state index in [2.05, 4.69) is 6.92 Å². The van der Waals surface area contributed by atoms with Crippen LogP contribution in [-0.4, -0.2) is 89.6 Å². The molecular formula is C25H31F2N3O5. The Morgan fingerprint density at radius 2 is 1.89 bits per heavy atom. The Labute approximate surface area is 203 Å². The highest BCUT2D eigenvalue weighted by Gasteiger charge is 2.68. The van der Waals surface area contributed by atoms with Crippen LogP contribution in [-0.2, 0) is 30.4 Å². The van der Waals surface area contributed by atoms with Gasteiger partial charge in [0.25, 0.3) is 5.91 Å². The second-order valence-corrected chi connectivity index (χ2v) is 10.2. The van der Waals surface area contributed by atoms with Crippen molar-refractivity contribution >= 4 is 18.2 Å². The molecule has 1 aromatic rings. The molecule has 1 spiro atoms. The van der Waals surface area contributed by atoms with E-state index in [4.69, 9.17) is 9.47 Å². The summed E-state index contributed by atoms with van der Waals surface area (Å²) in [5.74, 6) is -1.91. The number of amides is 3. The van der Waals surface area contributed by atoms with Crippen molar-refractivity contribution in [2.75, 3.05) is 32.9 Å². The van der Waals surface area contributed by atoms with Crippen molar-refractivity contribution in [1.29, 1.82) is 0 Å². The highest BCUT2D eigenvalue weighted by atomic mass is 19.2. The largest absolute Gasteiger partial charge is 0.376 e. The quantitative estimate of drug-likeness (QED) is 0.586. The highest BCUT2D eigenvalue weighted by molar-refractivity contribution is 6.00. The summed E-state index contributed by atoms with van der Waals surface area (Å²) in [6.07, 6.45) is 3.70. The van der Waals surface area contributed by atoms with Crippen LogP contribution in [0.15, 0.2) is 18.2 Å². The maximum absolute atomic E-state index is 14.3. The van der Waals surface area contributed by atoms with Crippen LogP contribution >= 0.6 is 0 Å². The molecule has 190 valence electrons. The maximum Gasteiger partial charge on any atom is 0.253 e. The van der Waals surface area contributed by atoms with Crippen molar-refractivity contribution in [3.8, 4) is 0 Å². The van der Waals surface area contributed by atoms with E-state index in [1.54, 1.807) is 4.90 Å². The number of likely N-dealkylation sites (tertiary alicyclic amines) is 1. The predicted molar refractivity (Wildman–Crippen MR) is 120 cm³/mol.